The van der Waals surface area contributed by atoms with Gasteiger partial charge in [-0.1, -0.05) is 48.5 Å². The predicted octanol–water partition coefficient (Wildman–Crippen LogP) is 3.66. The Morgan fingerprint density at radius 3 is 2.50 bits per heavy atom. The first-order valence-corrected chi connectivity index (χ1v) is 7.18. The largest absolute Gasteiger partial charge is 0.332 e. The molecule has 1 unspecified atom stereocenters. The quantitative estimate of drug-likeness (QED) is 0.826. The summed E-state index contributed by atoms with van der Waals surface area (Å²) in [6.45, 7) is 2.90. The van der Waals surface area contributed by atoms with E-state index in [0.717, 1.165) is 30.5 Å². The van der Waals surface area contributed by atoms with Gasteiger partial charge in [0.2, 0.25) is 0 Å². The van der Waals surface area contributed by atoms with Gasteiger partial charge < -0.3 is 4.90 Å². The minimum Gasteiger partial charge on any atom is -0.332 e. The molecular formula is C18H19NO. The van der Waals surface area contributed by atoms with Gasteiger partial charge in [0.1, 0.15) is 0 Å². The summed E-state index contributed by atoms with van der Waals surface area (Å²) in [5.41, 5.74) is 3.37. The average Bonchev–Trinajstić information content (AvgIpc) is 2.84. The van der Waals surface area contributed by atoms with Crippen LogP contribution in [0.3, 0.4) is 0 Å². The molecule has 0 aromatic heterocycles. The maximum Gasteiger partial charge on any atom is 0.254 e. The SMILES string of the molecule is CC(CCc1ccccc1)N1Cc2ccccc2C1=O. The Hall–Kier alpha value is -2.09. The molecule has 2 aromatic carbocycles. The first-order valence-electron chi connectivity index (χ1n) is 7.18. The van der Waals surface area contributed by atoms with Crippen molar-refractivity contribution in [1.29, 1.82) is 0 Å². The van der Waals surface area contributed by atoms with Gasteiger partial charge in [-0.25, -0.2) is 0 Å². The second-order valence-electron chi connectivity index (χ2n) is 5.46. The fourth-order valence-electron chi connectivity index (χ4n) is 2.81. The summed E-state index contributed by atoms with van der Waals surface area (Å²) in [6.07, 6.45) is 2.02. The van der Waals surface area contributed by atoms with E-state index >= 15 is 0 Å². The minimum absolute atomic E-state index is 0.182. The smallest absolute Gasteiger partial charge is 0.254 e. The molecule has 102 valence electrons. The molecule has 0 saturated heterocycles. The Kier molecular flexibility index (Phi) is 3.55. The van der Waals surface area contributed by atoms with E-state index in [-0.39, 0.29) is 11.9 Å². The first-order chi connectivity index (χ1) is 9.75. The summed E-state index contributed by atoms with van der Waals surface area (Å²) in [4.78, 5) is 14.4. The third kappa shape index (κ3) is 2.46. The summed E-state index contributed by atoms with van der Waals surface area (Å²) in [6, 6.07) is 18.7. The van der Waals surface area contributed by atoms with Crippen molar-refractivity contribution >= 4 is 5.91 Å². The molecule has 2 heteroatoms. The minimum atomic E-state index is 0.182. The zero-order valence-electron chi connectivity index (χ0n) is 11.8. The first kappa shape index (κ1) is 12.9. The zero-order chi connectivity index (χ0) is 13.9. The summed E-state index contributed by atoms with van der Waals surface area (Å²) in [7, 11) is 0. The summed E-state index contributed by atoms with van der Waals surface area (Å²) in [5.74, 6) is 0.182. The Morgan fingerprint density at radius 1 is 1.05 bits per heavy atom. The fraction of sp³-hybridized carbons (Fsp3) is 0.278. The normalized spacial score (nSPS) is 15.2. The van der Waals surface area contributed by atoms with Gasteiger partial charge >= 0.3 is 0 Å². The number of amides is 1. The molecule has 1 atom stereocenters. The van der Waals surface area contributed by atoms with Crippen molar-refractivity contribution in [3.63, 3.8) is 0 Å². The zero-order valence-corrected chi connectivity index (χ0v) is 11.8. The molecule has 1 aliphatic rings. The molecule has 0 aliphatic carbocycles. The highest BCUT2D eigenvalue weighted by atomic mass is 16.2. The lowest BCUT2D eigenvalue weighted by atomic mass is 10.1. The molecule has 1 amide bonds. The van der Waals surface area contributed by atoms with Gasteiger partial charge in [-0.05, 0) is 37.0 Å². The van der Waals surface area contributed by atoms with Crippen LogP contribution in [0.15, 0.2) is 54.6 Å². The van der Waals surface area contributed by atoms with E-state index < -0.39 is 0 Å². The lowest BCUT2D eigenvalue weighted by Crippen LogP contribution is -2.33. The van der Waals surface area contributed by atoms with E-state index in [4.69, 9.17) is 0 Å². The number of hydrogen-bond acceptors (Lipinski definition) is 1. The van der Waals surface area contributed by atoms with Gasteiger partial charge in [0, 0.05) is 18.2 Å². The highest BCUT2D eigenvalue weighted by Crippen LogP contribution is 2.25. The highest BCUT2D eigenvalue weighted by molar-refractivity contribution is 5.98. The monoisotopic (exact) mass is 265 g/mol. The highest BCUT2D eigenvalue weighted by Gasteiger charge is 2.29. The van der Waals surface area contributed by atoms with E-state index in [2.05, 4.69) is 37.3 Å². The van der Waals surface area contributed by atoms with Crippen LogP contribution in [0.4, 0.5) is 0 Å². The lowest BCUT2D eigenvalue weighted by Gasteiger charge is -2.24. The predicted molar refractivity (Wildman–Crippen MR) is 80.5 cm³/mol. The molecule has 20 heavy (non-hydrogen) atoms. The van der Waals surface area contributed by atoms with Crippen molar-refractivity contribution < 1.29 is 4.79 Å². The molecular weight excluding hydrogens is 246 g/mol. The Bertz CT molecular complexity index is 606. The Labute approximate surface area is 120 Å². The number of rotatable bonds is 4. The third-order valence-electron chi connectivity index (χ3n) is 4.07. The maximum absolute atomic E-state index is 12.4. The van der Waals surface area contributed by atoms with Crippen LogP contribution in [0.2, 0.25) is 0 Å². The summed E-state index contributed by atoms with van der Waals surface area (Å²) >= 11 is 0. The summed E-state index contributed by atoms with van der Waals surface area (Å²) in [5, 5.41) is 0. The number of nitrogens with zero attached hydrogens (tertiary/aromatic N) is 1. The lowest BCUT2D eigenvalue weighted by molar-refractivity contribution is 0.0709. The second kappa shape index (κ2) is 5.49. The molecule has 0 fully saturated rings. The van der Waals surface area contributed by atoms with Gasteiger partial charge in [-0.3, -0.25) is 4.79 Å². The van der Waals surface area contributed by atoms with Crippen molar-refractivity contribution in [3.8, 4) is 0 Å². The third-order valence-corrected chi connectivity index (χ3v) is 4.07. The van der Waals surface area contributed by atoms with Crippen LogP contribution >= 0.6 is 0 Å². The number of hydrogen-bond donors (Lipinski definition) is 0. The summed E-state index contributed by atoms with van der Waals surface area (Å²) < 4.78 is 0. The molecule has 1 aliphatic heterocycles. The van der Waals surface area contributed by atoms with Gasteiger partial charge in [0.05, 0.1) is 0 Å². The van der Waals surface area contributed by atoms with Gasteiger partial charge in [-0.15, -0.1) is 0 Å². The second-order valence-corrected chi connectivity index (χ2v) is 5.46. The van der Waals surface area contributed by atoms with Crippen LogP contribution < -0.4 is 0 Å². The van der Waals surface area contributed by atoms with Crippen LogP contribution in [0, 0.1) is 0 Å². The van der Waals surface area contributed by atoms with Crippen molar-refractivity contribution in [2.24, 2.45) is 0 Å². The van der Waals surface area contributed by atoms with Crippen LogP contribution in [0.25, 0.3) is 0 Å². The van der Waals surface area contributed by atoms with E-state index in [0.29, 0.717) is 0 Å². The molecule has 2 aromatic rings. The van der Waals surface area contributed by atoms with E-state index in [1.54, 1.807) is 0 Å². The standard InChI is InChI=1S/C18H19NO/c1-14(11-12-15-7-3-2-4-8-15)19-13-16-9-5-6-10-17(16)18(19)20/h2-10,14H,11-13H2,1H3. The Balaban J connectivity index is 1.65. The molecule has 3 rings (SSSR count). The Morgan fingerprint density at radius 2 is 1.75 bits per heavy atom. The number of carbonyl (C=O) groups excluding carboxylic acids is 1. The number of aryl methyl sites for hydroxylation is 1. The fourth-order valence-corrected chi connectivity index (χ4v) is 2.81. The number of carbonyl (C=O) groups is 1. The average molecular weight is 265 g/mol. The molecule has 0 bridgehead atoms. The molecule has 0 N–H and O–H groups in total. The van der Waals surface area contributed by atoms with E-state index in [1.165, 1.54) is 5.56 Å². The molecule has 1 heterocycles. The maximum atomic E-state index is 12.4. The van der Waals surface area contributed by atoms with Gasteiger partial charge in [0.15, 0.2) is 0 Å². The molecule has 0 radical (unpaired) electrons. The van der Waals surface area contributed by atoms with Crippen LogP contribution in [0.1, 0.15) is 34.8 Å². The van der Waals surface area contributed by atoms with E-state index in [9.17, 15) is 4.79 Å². The van der Waals surface area contributed by atoms with Crippen LogP contribution in [0.5, 0.6) is 0 Å². The van der Waals surface area contributed by atoms with E-state index in [1.807, 2.05) is 29.2 Å². The molecule has 2 nitrogen and oxygen atoms in total. The van der Waals surface area contributed by atoms with Crippen LogP contribution in [-0.4, -0.2) is 16.8 Å². The van der Waals surface area contributed by atoms with Gasteiger partial charge in [-0.2, -0.15) is 0 Å². The number of benzene rings is 2. The van der Waals surface area contributed by atoms with Gasteiger partial charge in [0.25, 0.3) is 5.91 Å². The number of fused-ring (bicyclic) bond motifs is 1. The van der Waals surface area contributed by atoms with Crippen molar-refractivity contribution in [1.82, 2.24) is 4.90 Å². The van der Waals surface area contributed by atoms with Crippen molar-refractivity contribution in [2.45, 2.75) is 32.4 Å². The topological polar surface area (TPSA) is 20.3 Å². The molecule has 0 spiro atoms. The van der Waals surface area contributed by atoms with Crippen LogP contribution in [-0.2, 0) is 13.0 Å². The van der Waals surface area contributed by atoms with Crippen molar-refractivity contribution in [2.75, 3.05) is 0 Å². The molecule has 0 saturated carbocycles. The van der Waals surface area contributed by atoms with Crippen molar-refractivity contribution in [3.05, 3.63) is 71.3 Å².